The summed E-state index contributed by atoms with van der Waals surface area (Å²) in [5, 5.41) is 7.40. The third-order valence-corrected chi connectivity index (χ3v) is 5.80. The lowest BCUT2D eigenvalue weighted by Crippen LogP contribution is -2.67. The van der Waals surface area contributed by atoms with E-state index in [1.807, 2.05) is 31.2 Å². The van der Waals surface area contributed by atoms with Gasteiger partial charge in [0.05, 0.1) is 12.6 Å². The molecule has 6 nitrogen and oxygen atoms in total. The lowest BCUT2D eigenvalue weighted by atomic mass is 9.51. The molecule has 25 heavy (non-hydrogen) atoms. The van der Waals surface area contributed by atoms with E-state index in [2.05, 4.69) is 15.4 Å². The maximum Gasteiger partial charge on any atom is 0.251 e. The quantitative estimate of drug-likeness (QED) is 0.877. The minimum atomic E-state index is 0.00180. The van der Waals surface area contributed by atoms with Crippen molar-refractivity contribution in [3.8, 4) is 0 Å². The fourth-order valence-corrected chi connectivity index (χ4v) is 4.25. The summed E-state index contributed by atoms with van der Waals surface area (Å²) in [7, 11) is 0. The van der Waals surface area contributed by atoms with Crippen LogP contribution in [0.15, 0.2) is 36.9 Å². The smallest absolute Gasteiger partial charge is 0.251 e. The van der Waals surface area contributed by atoms with Crippen molar-refractivity contribution < 1.29 is 9.53 Å². The molecule has 132 valence electrons. The van der Waals surface area contributed by atoms with E-state index in [9.17, 15) is 4.79 Å². The van der Waals surface area contributed by atoms with Gasteiger partial charge in [-0.3, -0.25) is 4.79 Å². The largest absolute Gasteiger partial charge is 0.378 e. The third-order valence-electron chi connectivity index (χ3n) is 5.80. The molecule has 0 unspecified atom stereocenters. The number of ether oxygens (including phenoxy) is 1. The molecule has 0 radical (unpaired) electrons. The molecule has 2 aliphatic carbocycles. The maximum absolute atomic E-state index is 12.9. The van der Waals surface area contributed by atoms with Crippen molar-refractivity contribution in [2.45, 2.75) is 51.3 Å². The molecular weight excluding hydrogens is 316 g/mol. The molecule has 1 spiro atoms. The zero-order chi connectivity index (χ0) is 17.3. The van der Waals surface area contributed by atoms with Crippen LogP contribution in [0.4, 0.5) is 0 Å². The Labute approximate surface area is 147 Å². The van der Waals surface area contributed by atoms with Gasteiger partial charge in [0.25, 0.3) is 5.91 Å². The van der Waals surface area contributed by atoms with Crippen molar-refractivity contribution in [2.75, 3.05) is 6.61 Å². The number of nitrogens with one attached hydrogen (secondary N) is 1. The van der Waals surface area contributed by atoms with Crippen LogP contribution in [0.1, 0.15) is 48.5 Å². The predicted molar refractivity (Wildman–Crippen MR) is 93.1 cm³/mol. The van der Waals surface area contributed by atoms with E-state index in [0.717, 1.165) is 31.4 Å². The average molecular weight is 340 g/mol. The van der Waals surface area contributed by atoms with Crippen LogP contribution in [0, 0.1) is 5.41 Å². The predicted octanol–water partition coefficient (Wildman–Crippen LogP) is 2.40. The number of benzene rings is 1. The molecule has 0 bridgehead atoms. The van der Waals surface area contributed by atoms with E-state index >= 15 is 0 Å². The first kappa shape index (κ1) is 16.3. The van der Waals surface area contributed by atoms with Crippen LogP contribution in [-0.4, -0.2) is 39.4 Å². The van der Waals surface area contributed by atoms with Crippen LogP contribution in [0.2, 0.25) is 0 Å². The van der Waals surface area contributed by atoms with Gasteiger partial charge >= 0.3 is 0 Å². The van der Waals surface area contributed by atoms with Crippen molar-refractivity contribution in [3.63, 3.8) is 0 Å². The van der Waals surface area contributed by atoms with E-state index in [4.69, 9.17) is 4.74 Å². The lowest BCUT2D eigenvalue weighted by molar-refractivity contribution is -0.169. The Hall–Kier alpha value is -2.21. The molecule has 2 aromatic rings. The van der Waals surface area contributed by atoms with Crippen LogP contribution in [0.3, 0.4) is 0 Å². The second-order valence-corrected chi connectivity index (χ2v) is 7.04. The molecule has 0 aliphatic heterocycles. The molecule has 1 aromatic heterocycles. The number of rotatable bonds is 6. The lowest BCUT2D eigenvalue weighted by Gasteiger charge is -2.61. The van der Waals surface area contributed by atoms with Gasteiger partial charge in [0.2, 0.25) is 0 Å². The monoisotopic (exact) mass is 340 g/mol. The highest BCUT2D eigenvalue weighted by Gasteiger charge is 2.59. The topological polar surface area (TPSA) is 69.0 Å². The molecule has 4 rings (SSSR count). The normalized spacial score (nSPS) is 23.7. The van der Waals surface area contributed by atoms with Gasteiger partial charge in [-0.25, -0.2) is 9.67 Å². The first-order chi connectivity index (χ1) is 12.2. The van der Waals surface area contributed by atoms with E-state index < -0.39 is 0 Å². The fraction of sp³-hybridized carbons (Fsp3) is 0.526. The van der Waals surface area contributed by atoms with Crippen LogP contribution in [0.25, 0.3) is 0 Å². The highest BCUT2D eigenvalue weighted by atomic mass is 16.5. The van der Waals surface area contributed by atoms with Gasteiger partial charge in [0, 0.05) is 23.6 Å². The maximum atomic E-state index is 12.9. The molecule has 6 heteroatoms. The van der Waals surface area contributed by atoms with Crippen molar-refractivity contribution in [3.05, 3.63) is 48.0 Å². The Morgan fingerprint density at radius 2 is 2.24 bits per heavy atom. The summed E-state index contributed by atoms with van der Waals surface area (Å²) in [6.45, 7) is 3.33. The first-order valence-corrected chi connectivity index (χ1v) is 9.06. The van der Waals surface area contributed by atoms with Crippen molar-refractivity contribution in [1.82, 2.24) is 20.1 Å². The summed E-state index contributed by atoms with van der Waals surface area (Å²) in [5.41, 5.74) is 1.84. The van der Waals surface area contributed by atoms with Gasteiger partial charge in [0.1, 0.15) is 12.7 Å². The molecule has 1 heterocycles. The van der Waals surface area contributed by atoms with E-state index in [1.165, 1.54) is 12.7 Å². The Balaban J connectivity index is 1.47. The Kier molecular flexibility index (Phi) is 4.29. The third kappa shape index (κ3) is 2.84. The number of amides is 1. The molecule has 1 N–H and O–H groups in total. The Morgan fingerprint density at radius 3 is 2.92 bits per heavy atom. The molecule has 2 saturated carbocycles. The molecule has 2 fully saturated rings. The van der Waals surface area contributed by atoms with E-state index in [-0.39, 0.29) is 17.4 Å². The van der Waals surface area contributed by atoms with Gasteiger partial charge in [-0.1, -0.05) is 24.6 Å². The van der Waals surface area contributed by atoms with Crippen LogP contribution < -0.4 is 5.32 Å². The summed E-state index contributed by atoms with van der Waals surface area (Å²) in [5.74, 6) is 0.00180. The van der Waals surface area contributed by atoms with Crippen molar-refractivity contribution in [1.29, 1.82) is 0 Å². The van der Waals surface area contributed by atoms with Gasteiger partial charge in [0.15, 0.2) is 0 Å². The SMILES string of the molecule is CCO[C@@H]1C[C@@H](NC(=O)c2ccccc2Cn2cncn2)C12CCC2. The minimum absolute atomic E-state index is 0.00180. The molecule has 2 aliphatic rings. The van der Waals surface area contributed by atoms with E-state index in [1.54, 1.807) is 11.0 Å². The highest BCUT2D eigenvalue weighted by molar-refractivity contribution is 5.96. The van der Waals surface area contributed by atoms with Crippen LogP contribution >= 0.6 is 0 Å². The second kappa shape index (κ2) is 6.59. The molecule has 1 amide bonds. The van der Waals surface area contributed by atoms with Crippen LogP contribution in [0.5, 0.6) is 0 Å². The molecule has 2 atom stereocenters. The summed E-state index contributed by atoms with van der Waals surface area (Å²) in [4.78, 5) is 16.9. The number of carbonyl (C=O) groups is 1. The van der Waals surface area contributed by atoms with Gasteiger partial charge in [-0.05, 0) is 37.8 Å². The summed E-state index contributed by atoms with van der Waals surface area (Å²) in [6.07, 6.45) is 7.94. The summed E-state index contributed by atoms with van der Waals surface area (Å²) >= 11 is 0. The van der Waals surface area contributed by atoms with Crippen LogP contribution in [-0.2, 0) is 11.3 Å². The average Bonchev–Trinajstić information content (AvgIpc) is 3.05. The highest BCUT2D eigenvalue weighted by Crippen LogP contribution is 2.57. The molecular formula is C19H24N4O2. The number of aromatic nitrogens is 3. The van der Waals surface area contributed by atoms with Gasteiger partial charge in [-0.15, -0.1) is 0 Å². The zero-order valence-corrected chi connectivity index (χ0v) is 14.5. The number of hydrogen-bond acceptors (Lipinski definition) is 4. The molecule has 1 aromatic carbocycles. The second-order valence-electron chi connectivity index (χ2n) is 7.04. The number of carbonyl (C=O) groups excluding carboxylic acids is 1. The Morgan fingerprint density at radius 1 is 1.40 bits per heavy atom. The zero-order valence-electron chi connectivity index (χ0n) is 14.5. The standard InChI is InChI=1S/C19H24N4O2/c1-2-25-17-10-16(19(17)8-5-9-19)22-18(24)15-7-4-3-6-14(15)11-23-13-20-12-21-23/h3-4,6-7,12-13,16-17H,2,5,8-11H2,1H3,(H,22,24)/t16-,17-/m1/s1. The fourth-order valence-electron chi connectivity index (χ4n) is 4.25. The van der Waals surface area contributed by atoms with Gasteiger partial charge in [-0.2, -0.15) is 5.10 Å². The summed E-state index contributed by atoms with van der Waals surface area (Å²) in [6, 6.07) is 7.94. The van der Waals surface area contributed by atoms with Gasteiger partial charge < -0.3 is 10.1 Å². The molecule has 0 saturated heterocycles. The number of nitrogens with zero attached hydrogens (tertiary/aromatic N) is 3. The minimum Gasteiger partial charge on any atom is -0.378 e. The number of hydrogen-bond donors (Lipinski definition) is 1. The summed E-state index contributed by atoms with van der Waals surface area (Å²) < 4.78 is 7.61. The van der Waals surface area contributed by atoms with Crippen molar-refractivity contribution >= 4 is 5.91 Å². The van der Waals surface area contributed by atoms with Crippen molar-refractivity contribution in [2.24, 2.45) is 5.41 Å². The Bertz CT molecular complexity index is 740. The first-order valence-electron chi connectivity index (χ1n) is 9.06. The van der Waals surface area contributed by atoms with E-state index in [0.29, 0.717) is 18.2 Å².